The second kappa shape index (κ2) is 11.4. The Morgan fingerprint density at radius 1 is 1.20 bits per heavy atom. The summed E-state index contributed by atoms with van der Waals surface area (Å²) in [6.45, 7) is 2.47. The molecule has 3 atom stereocenters. The lowest BCUT2D eigenvalue weighted by Gasteiger charge is -2.43. The molecule has 4 aromatic rings. The van der Waals surface area contributed by atoms with Crippen molar-refractivity contribution in [1.82, 2.24) is 29.7 Å². The summed E-state index contributed by atoms with van der Waals surface area (Å²) in [7, 11) is 0. The SMILES string of the molecule is O=C([C@@H]1CCNC[C@@H]1C(c1ccccc1)c1cnccn1)N1CCC(O)(Cn2cnc3c(Cl)scc3c2=O)CC1. The fraction of sp³-hybridized carbons (Fsp3) is 0.414. The number of thiophene rings is 1. The third kappa shape index (κ3) is 5.28. The van der Waals surface area contributed by atoms with Gasteiger partial charge in [-0.15, -0.1) is 11.3 Å². The van der Waals surface area contributed by atoms with Gasteiger partial charge >= 0.3 is 0 Å². The quantitative estimate of drug-likeness (QED) is 0.361. The molecule has 0 spiro atoms. The van der Waals surface area contributed by atoms with E-state index in [-0.39, 0.29) is 35.8 Å². The van der Waals surface area contributed by atoms with Gasteiger partial charge in [-0.2, -0.15) is 0 Å². The molecule has 3 aromatic heterocycles. The fourth-order valence-corrected chi connectivity index (χ4v) is 7.20. The van der Waals surface area contributed by atoms with Gasteiger partial charge in [0.2, 0.25) is 5.91 Å². The Morgan fingerprint density at radius 2 is 2.00 bits per heavy atom. The number of rotatable bonds is 6. The molecule has 6 rings (SSSR count). The summed E-state index contributed by atoms with van der Waals surface area (Å²) in [6.07, 6.45) is 8.13. The van der Waals surface area contributed by atoms with Crippen molar-refractivity contribution in [2.75, 3.05) is 26.2 Å². The lowest BCUT2D eigenvalue weighted by molar-refractivity contribution is -0.143. The molecule has 2 saturated heterocycles. The third-order valence-electron chi connectivity index (χ3n) is 8.34. The number of aliphatic hydroxyl groups is 1. The Bertz CT molecular complexity index is 1500. The van der Waals surface area contributed by atoms with Gasteiger partial charge in [-0.3, -0.25) is 24.1 Å². The minimum absolute atomic E-state index is 0.00924. The highest BCUT2D eigenvalue weighted by Gasteiger charge is 2.42. The zero-order valence-electron chi connectivity index (χ0n) is 21.9. The van der Waals surface area contributed by atoms with Crippen LogP contribution in [0.5, 0.6) is 0 Å². The maximum absolute atomic E-state index is 14.0. The summed E-state index contributed by atoms with van der Waals surface area (Å²) in [5.41, 5.74) is 1.15. The van der Waals surface area contributed by atoms with Gasteiger partial charge in [-0.25, -0.2) is 4.98 Å². The van der Waals surface area contributed by atoms with Crippen molar-refractivity contribution < 1.29 is 9.90 Å². The van der Waals surface area contributed by atoms with Crippen LogP contribution in [-0.2, 0) is 11.3 Å². The van der Waals surface area contributed by atoms with Crippen LogP contribution in [0.15, 0.2) is 65.4 Å². The van der Waals surface area contributed by atoms with E-state index in [0.29, 0.717) is 47.7 Å². The van der Waals surface area contributed by atoms with Crippen molar-refractivity contribution in [2.45, 2.75) is 37.3 Å². The molecule has 1 amide bonds. The fourth-order valence-electron chi connectivity index (χ4n) is 6.21. The van der Waals surface area contributed by atoms with Crippen LogP contribution in [-0.4, -0.2) is 67.2 Å². The minimum Gasteiger partial charge on any atom is -0.388 e. The van der Waals surface area contributed by atoms with Gasteiger partial charge in [-0.1, -0.05) is 41.9 Å². The van der Waals surface area contributed by atoms with Crippen molar-refractivity contribution in [2.24, 2.45) is 11.8 Å². The first-order valence-corrected chi connectivity index (χ1v) is 14.8. The van der Waals surface area contributed by atoms with E-state index >= 15 is 0 Å². The second-order valence-corrected chi connectivity index (χ2v) is 12.3. The average molecular weight is 579 g/mol. The summed E-state index contributed by atoms with van der Waals surface area (Å²) >= 11 is 7.41. The van der Waals surface area contributed by atoms with Crippen molar-refractivity contribution in [3.63, 3.8) is 0 Å². The highest BCUT2D eigenvalue weighted by Crippen LogP contribution is 2.39. The molecule has 2 aliphatic heterocycles. The molecular weight excluding hydrogens is 548 g/mol. The highest BCUT2D eigenvalue weighted by molar-refractivity contribution is 7.16. The van der Waals surface area contributed by atoms with Crippen LogP contribution < -0.4 is 10.9 Å². The van der Waals surface area contributed by atoms with Gasteiger partial charge in [0, 0.05) is 48.9 Å². The van der Waals surface area contributed by atoms with Crippen LogP contribution in [0.3, 0.4) is 0 Å². The number of carbonyl (C=O) groups is 1. The van der Waals surface area contributed by atoms with Crippen LogP contribution in [0.25, 0.3) is 10.9 Å². The smallest absolute Gasteiger partial charge is 0.262 e. The number of fused-ring (bicyclic) bond motifs is 1. The number of nitrogens with one attached hydrogen (secondary N) is 1. The van der Waals surface area contributed by atoms with Gasteiger partial charge < -0.3 is 15.3 Å². The number of hydrogen-bond donors (Lipinski definition) is 2. The Hall–Kier alpha value is -3.18. The molecule has 40 heavy (non-hydrogen) atoms. The zero-order chi connectivity index (χ0) is 27.7. The summed E-state index contributed by atoms with van der Waals surface area (Å²) in [5.74, 6) is -0.128. The number of hydrogen-bond acceptors (Lipinski definition) is 8. The summed E-state index contributed by atoms with van der Waals surface area (Å²) in [4.78, 5) is 42.1. The van der Waals surface area contributed by atoms with Crippen molar-refractivity contribution in [3.05, 3.63) is 86.6 Å². The summed E-state index contributed by atoms with van der Waals surface area (Å²) < 4.78 is 1.94. The number of piperidine rings is 2. The molecule has 2 aliphatic rings. The first-order valence-electron chi connectivity index (χ1n) is 13.6. The average Bonchev–Trinajstić information content (AvgIpc) is 3.37. The first-order chi connectivity index (χ1) is 19.4. The van der Waals surface area contributed by atoms with Gasteiger partial charge in [0.25, 0.3) is 5.56 Å². The first kappa shape index (κ1) is 27.0. The topological polar surface area (TPSA) is 113 Å². The zero-order valence-corrected chi connectivity index (χ0v) is 23.5. The molecule has 2 fully saturated rings. The third-order valence-corrected chi connectivity index (χ3v) is 9.54. The largest absolute Gasteiger partial charge is 0.388 e. The van der Waals surface area contributed by atoms with E-state index in [9.17, 15) is 14.7 Å². The Labute approximate surface area is 240 Å². The molecule has 5 heterocycles. The molecule has 1 aromatic carbocycles. The van der Waals surface area contributed by atoms with Crippen molar-refractivity contribution >= 4 is 39.7 Å². The van der Waals surface area contributed by atoms with Crippen LogP contribution >= 0.6 is 22.9 Å². The van der Waals surface area contributed by atoms with Gasteiger partial charge in [0.05, 0.1) is 29.6 Å². The van der Waals surface area contributed by atoms with E-state index in [1.165, 1.54) is 22.2 Å². The molecule has 9 nitrogen and oxygen atoms in total. The van der Waals surface area contributed by atoms with E-state index < -0.39 is 5.60 Å². The minimum atomic E-state index is -1.10. The number of nitrogens with zero attached hydrogens (tertiary/aromatic N) is 5. The molecule has 2 N–H and O–H groups in total. The molecule has 0 aliphatic carbocycles. The number of aromatic nitrogens is 4. The van der Waals surface area contributed by atoms with E-state index in [1.807, 2.05) is 23.1 Å². The van der Waals surface area contributed by atoms with Crippen LogP contribution in [0.4, 0.5) is 0 Å². The Morgan fingerprint density at radius 3 is 2.75 bits per heavy atom. The second-order valence-electron chi connectivity index (χ2n) is 10.8. The van der Waals surface area contributed by atoms with Gasteiger partial charge in [-0.05, 0) is 43.8 Å². The van der Waals surface area contributed by atoms with E-state index in [0.717, 1.165) is 24.2 Å². The number of benzene rings is 1. The molecular formula is C29H31ClN6O3S. The summed E-state index contributed by atoms with van der Waals surface area (Å²) in [6, 6.07) is 10.2. The van der Waals surface area contributed by atoms with Crippen LogP contribution in [0.2, 0.25) is 4.34 Å². The maximum Gasteiger partial charge on any atom is 0.262 e. The van der Waals surface area contributed by atoms with E-state index in [2.05, 4.69) is 32.4 Å². The van der Waals surface area contributed by atoms with E-state index in [4.69, 9.17) is 11.6 Å². The number of halogens is 1. The number of likely N-dealkylation sites (tertiary alicyclic amines) is 1. The number of amides is 1. The molecule has 0 bridgehead atoms. The summed E-state index contributed by atoms with van der Waals surface area (Å²) in [5, 5.41) is 17.1. The van der Waals surface area contributed by atoms with E-state index in [1.54, 1.807) is 24.0 Å². The molecule has 0 saturated carbocycles. The van der Waals surface area contributed by atoms with Gasteiger partial charge in [0.1, 0.15) is 9.85 Å². The monoisotopic (exact) mass is 578 g/mol. The molecule has 1 unspecified atom stereocenters. The van der Waals surface area contributed by atoms with Crippen molar-refractivity contribution in [3.8, 4) is 0 Å². The Balaban J connectivity index is 1.19. The molecule has 208 valence electrons. The van der Waals surface area contributed by atoms with Crippen LogP contribution in [0.1, 0.15) is 36.4 Å². The Kier molecular flexibility index (Phi) is 7.67. The lowest BCUT2D eigenvalue weighted by Crippen LogP contribution is -2.53. The maximum atomic E-state index is 14.0. The molecule has 11 heteroatoms. The highest BCUT2D eigenvalue weighted by atomic mass is 35.5. The predicted molar refractivity (Wildman–Crippen MR) is 154 cm³/mol. The van der Waals surface area contributed by atoms with Crippen LogP contribution in [0, 0.1) is 11.8 Å². The normalized spacial score (nSPS) is 21.8. The predicted octanol–water partition coefficient (Wildman–Crippen LogP) is 3.31. The van der Waals surface area contributed by atoms with Crippen molar-refractivity contribution in [1.29, 1.82) is 0 Å². The standard InChI is InChI=1S/C29H31ClN6O3S/c30-26-25-22(16-40-26)28(38)36(18-34-25)17-29(39)7-12-35(13-8-29)27(37)20-6-9-31-14-21(20)24(19-4-2-1-3-5-19)23-15-32-10-11-33-23/h1-5,10-11,15-16,18,20-21,24,31,39H,6-9,12-14,17H2/t20-,21+,24?/m1/s1. The van der Waals surface area contributed by atoms with Gasteiger partial charge in [0.15, 0.2) is 0 Å². The lowest BCUT2D eigenvalue weighted by atomic mass is 9.72. The molecule has 0 radical (unpaired) electrons. The number of carbonyl (C=O) groups excluding carboxylic acids is 1.